The summed E-state index contributed by atoms with van der Waals surface area (Å²) < 4.78 is 27.5. The lowest BCUT2D eigenvalue weighted by atomic mass is 9.96. The number of carboxylic acid groups (broad SMARTS) is 2. The van der Waals surface area contributed by atoms with E-state index in [0.29, 0.717) is 42.6 Å². The van der Waals surface area contributed by atoms with E-state index >= 15 is 0 Å². The molecule has 13 heteroatoms. The molecule has 12 nitrogen and oxygen atoms in total. The first-order valence-electron chi connectivity index (χ1n) is 14.7. The molecule has 0 spiro atoms. The fraction of sp³-hybridized carbons (Fsp3) is 0.324. The highest BCUT2D eigenvalue weighted by atomic mass is 32.2. The Balaban J connectivity index is 0.000000555. The highest BCUT2D eigenvalue weighted by molar-refractivity contribution is 8.01. The predicted molar refractivity (Wildman–Crippen MR) is 176 cm³/mol. The van der Waals surface area contributed by atoms with Crippen molar-refractivity contribution in [1.29, 1.82) is 0 Å². The van der Waals surface area contributed by atoms with E-state index in [4.69, 9.17) is 33.9 Å². The van der Waals surface area contributed by atoms with Crippen molar-refractivity contribution in [1.82, 2.24) is 4.90 Å². The maximum atomic E-state index is 13.6. The summed E-state index contributed by atoms with van der Waals surface area (Å²) in [5.74, 6) is 1.10. The molecule has 2 heterocycles. The molecule has 0 aromatic heterocycles. The number of likely N-dealkylation sites (N-methyl/N-ethyl adjacent to an activating group) is 2. The molecular weight excluding hydrogens is 628 g/mol. The number of para-hydroxylation sites is 1. The number of methoxy groups -OCH3 is 1. The molecule has 0 saturated carbocycles. The lowest BCUT2D eigenvalue weighted by Gasteiger charge is -2.39. The van der Waals surface area contributed by atoms with E-state index in [1.165, 1.54) is 0 Å². The Morgan fingerprint density at radius 3 is 2.38 bits per heavy atom. The largest absolute Gasteiger partial charge is 0.497 e. The number of hydrogen-bond acceptors (Lipinski definition) is 10. The van der Waals surface area contributed by atoms with Crippen molar-refractivity contribution in [3.8, 4) is 28.7 Å². The summed E-state index contributed by atoms with van der Waals surface area (Å²) in [6.45, 7) is 4.91. The predicted octanol–water partition coefficient (Wildman–Crippen LogP) is 4.90. The third-order valence-corrected chi connectivity index (χ3v) is 8.72. The Morgan fingerprint density at radius 2 is 1.66 bits per heavy atom. The van der Waals surface area contributed by atoms with Crippen molar-refractivity contribution >= 4 is 35.3 Å². The zero-order valence-electron chi connectivity index (χ0n) is 26.6. The average Bonchev–Trinajstić information content (AvgIpc) is 3.53. The summed E-state index contributed by atoms with van der Waals surface area (Å²) in [4.78, 5) is 37.7. The molecule has 0 saturated heterocycles. The molecule has 0 aliphatic carbocycles. The summed E-state index contributed by atoms with van der Waals surface area (Å²) in [6, 6.07) is 19.3. The van der Waals surface area contributed by atoms with E-state index in [2.05, 4.69) is 11.9 Å². The Kier molecular flexibility index (Phi) is 12.0. The molecule has 2 aliphatic heterocycles. The molecule has 1 atom stereocenters. The summed E-state index contributed by atoms with van der Waals surface area (Å²) in [7, 11) is 5.52. The van der Waals surface area contributed by atoms with E-state index < -0.39 is 16.7 Å². The van der Waals surface area contributed by atoms with Gasteiger partial charge in [-0.25, -0.2) is 9.59 Å². The van der Waals surface area contributed by atoms with Crippen molar-refractivity contribution in [2.45, 2.75) is 23.0 Å². The van der Waals surface area contributed by atoms with Crippen LogP contribution in [0.1, 0.15) is 18.9 Å². The molecule has 0 radical (unpaired) electrons. The number of fused-ring (bicyclic) bond motifs is 2. The van der Waals surface area contributed by atoms with E-state index in [1.54, 1.807) is 23.8 Å². The van der Waals surface area contributed by atoms with Crippen molar-refractivity contribution in [2.24, 2.45) is 0 Å². The van der Waals surface area contributed by atoms with Crippen LogP contribution in [0.15, 0.2) is 77.7 Å². The van der Waals surface area contributed by atoms with Crippen molar-refractivity contribution < 1.29 is 48.3 Å². The van der Waals surface area contributed by atoms with E-state index in [0.717, 1.165) is 47.2 Å². The van der Waals surface area contributed by atoms with Crippen LogP contribution in [0.25, 0.3) is 0 Å². The molecule has 5 rings (SSSR count). The SMILES string of the molecule is COc1ccc(OCCCN(C)CCOc2ccc3c(c2)OCO3)c(C2(C)Sc3ccccc3N(C)C2=O)c1.O=C(O)C=CC(=O)O. The number of amides is 1. The van der Waals surface area contributed by atoms with Gasteiger partial charge in [0.1, 0.15) is 28.6 Å². The molecule has 1 amide bonds. The van der Waals surface area contributed by atoms with Gasteiger partial charge < -0.3 is 43.7 Å². The number of thioether (sulfide) groups is 1. The van der Waals surface area contributed by atoms with Gasteiger partial charge in [0.05, 0.1) is 19.4 Å². The smallest absolute Gasteiger partial charge is 0.328 e. The topological polar surface area (TPSA) is 144 Å². The molecule has 0 bridgehead atoms. The molecule has 47 heavy (non-hydrogen) atoms. The molecular formula is C34H38N2O10S. The number of rotatable bonds is 13. The Hall–Kier alpha value is -4.88. The number of anilines is 1. The van der Waals surface area contributed by atoms with Gasteiger partial charge >= 0.3 is 11.9 Å². The maximum absolute atomic E-state index is 13.6. The summed E-state index contributed by atoms with van der Waals surface area (Å²) in [6.07, 6.45) is 1.94. The average molecular weight is 667 g/mol. The summed E-state index contributed by atoms with van der Waals surface area (Å²) in [5, 5.41) is 15.6. The fourth-order valence-corrected chi connectivity index (χ4v) is 6.27. The Morgan fingerprint density at radius 1 is 0.957 bits per heavy atom. The fourth-order valence-electron chi connectivity index (χ4n) is 4.88. The number of carboxylic acids is 2. The number of aliphatic carboxylic acids is 2. The molecule has 2 N–H and O–H groups in total. The van der Waals surface area contributed by atoms with E-state index in [-0.39, 0.29) is 12.7 Å². The van der Waals surface area contributed by atoms with Crippen LogP contribution in [-0.2, 0) is 19.1 Å². The first-order valence-corrected chi connectivity index (χ1v) is 15.6. The van der Waals surface area contributed by atoms with Crippen LogP contribution in [0.4, 0.5) is 5.69 Å². The normalized spacial score (nSPS) is 16.4. The second kappa shape index (κ2) is 16.1. The van der Waals surface area contributed by atoms with E-state index in [1.807, 2.05) is 74.6 Å². The second-order valence-electron chi connectivity index (χ2n) is 10.7. The van der Waals surface area contributed by atoms with Crippen LogP contribution in [0.3, 0.4) is 0 Å². The van der Waals surface area contributed by atoms with Gasteiger partial charge in [-0.3, -0.25) is 4.79 Å². The quantitative estimate of drug-likeness (QED) is 0.189. The first kappa shape index (κ1) is 35.0. The monoisotopic (exact) mass is 666 g/mol. The van der Waals surface area contributed by atoms with Crippen LogP contribution < -0.4 is 28.6 Å². The van der Waals surface area contributed by atoms with Crippen molar-refractivity contribution in [3.63, 3.8) is 0 Å². The zero-order chi connectivity index (χ0) is 34.0. The molecule has 250 valence electrons. The maximum Gasteiger partial charge on any atom is 0.328 e. The van der Waals surface area contributed by atoms with Gasteiger partial charge in [-0.2, -0.15) is 0 Å². The minimum absolute atomic E-state index is 0.00601. The number of carbonyl (C=O) groups excluding carboxylic acids is 1. The number of ether oxygens (including phenoxy) is 5. The minimum atomic E-state index is -1.26. The minimum Gasteiger partial charge on any atom is -0.497 e. The summed E-state index contributed by atoms with van der Waals surface area (Å²) >= 11 is 1.55. The van der Waals surface area contributed by atoms with Crippen LogP contribution in [0.2, 0.25) is 0 Å². The lowest BCUT2D eigenvalue weighted by Crippen LogP contribution is -2.44. The molecule has 3 aromatic carbocycles. The lowest BCUT2D eigenvalue weighted by molar-refractivity contribution is -0.134. The van der Waals surface area contributed by atoms with Crippen molar-refractivity contribution in [3.05, 3.63) is 78.4 Å². The Bertz CT molecular complexity index is 1600. The van der Waals surface area contributed by atoms with Crippen LogP contribution in [-0.4, -0.2) is 87.3 Å². The van der Waals surface area contributed by atoms with Gasteiger partial charge in [-0.15, -0.1) is 11.8 Å². The van der Waals surface area contributed by atoms with Crippen LogP contribution in [0, 0.1) is 0 Å². The zero-order valence-corrected chi connectivity index (χ0v) is 27.5. The van der Waals surface area contributed by atoms with Gasteiger partial charge in [0, 0.05) is 48.8 Å². The number of carbonyl (C=O) groups is 3. The van der Waals surface area contributed by atoms with Gasteiger partial charge in [-0.05, 0) is 62.9 Å². The van der Waals surface area contributed by atoms with Crippen LogP contribution in [0.5, 0.6) is 28.7 Å². The first-order chi connectivity index (χ1) is 22.5. The number of benzene rings is 3. The standard InChI is InChI=1S/C30H34N2O6S.C4H4O4/c1-30(29(33)32(3)24-8-5-6-9-28(24)39-30)23-18-21(34-4)10-12-25(23)36-16-7-14-31(2)15-17-35-22-11-13-26-27(19-22)38-20-37-26;5-3(6)1-2-4(7)8/h5-6,8-13,18-19H,7,14-17,20H2,1-4H3;1-2H,(H,5,6)(H,7,8). The third-order valence-electron chi connectivity index (χ3n) is 7.35. The molecule has 2 aliphatic rings. The van der Waals surface area contributed by atoms with Crippen molar-refractivity contribution in [2.75, 3.05) is 59.2 Å². The highest BCUT2D eigenvalue weighted by Gasteiger charge is 2.45. The molecule has 0 fully saturated rings. The van der Waals surface area contributed by atoms with Gasteiger partial charge in [0.15, 0.2) is 11.5 Å². The van der Waals surface area contributed by atoms with Gasteiger partial charge in [-0.1, -0.05) is 12.1 Å². The number of nitrogens with zero attached hydrogens (tertiary/aromatic N) is 2. The highest BCUT2D eigenvalue weighted by Crippen LogP contribution is 2.52. The van der Waals surface area contributed by atoms with E-state index in [9.17, 15) is 14.4 Å². The summed E-state index contributed by atoms with van der Waals surface area (Å²) in [5.41, 5.74) is 1.73. The second-order valence-corrected chi connectivity index (χ2v) is 12.2. The van der Waals surface area contributed by atoms with Crippen LogP contribution >= 0.6 is 11.8 Å². The molecule has 3 aromatic rings. The molecule has 1 unspecified atom stereocenters. The van der Waals surface area contributed by atoms with Gasteiger partial charge in [0.2, 0.25) is 12.7 Å². The third kappa shape index (κ3) is 9.11. The van der Waals surface area contributed by atoms with Gasteiger partial charge in [0.25, 0.3) is 0 Å². The number of hydrogen-bond donors (Lipinski definition) is 2. The Labute approximate surface area is 277 Å².